The molecule has 2 aliphatic carbocycles. The lowest BCUT2D eigenvalue weighted by molar-refractivity contribution is 0.586. The summed E-state index contributed by atoms with van der Waals surface area (Å²) in [6, 6.07) is 18.7. The highest BCUT2D eigenvalue weighted by Gasteiger charge is 2.38. The average Bonchev–Trinajstić information content (AvgIpc) is 2.81. The molecule has 3 aromatic rings. The van der Waals surface area contributed by atoms with Gasteiger partial charge in [0.15, 0.2) is 7.14 Å². The van der Waals surface area contributed by atoms with Crippen LogP contribution in [0.3, 0.4) is 0 Å². The van der Waals surface area contributed by atoms with Crippen LogP contribution in [0.25, 0.3) is 28.7 Å². The van der Waals surface area contributed by atoms with Crippen molar-refractivity contribution in [2.75, 3.05) is 0 Å². The molecule has 154 valence electrons. The molecular weight excluding hydrogens is 395 g/mol. The Hall–Kier alpha value is -2.89. The molecule has 0 heterocycles. The van der Waals surface area contributed by atoms with Crippen LogP contribution in [0.15, 0.2) is 84.7 Å². The number of benzene rings is 3. The van der Waals surface area contributed by atoms with Crippen LogP contribution >= 0.6 is 7.14 Å². The molecule has 1 nitrogen and oxygen atoms in total. The summed E-state index contributed by atoms with van der Waals surface area (Å²) >= 11 is 0. The third-order valence-corrected chi connectivity index (χ3v) is 10.3. The van der Waals surface area contributed by atoms with Gasteiger partial charge in [-0.3, -0.25) is 0 Å². The molecule has 0 amide bonds. The van der Waals surface area contributed by atoms with Gasteiger partial charge in [0.25, 0.3) is 0 Å². The zero-order valence-corrected chi connectivity index (χ0v) is 18.9. The molecule has 0 bridgehead atoms. The van der Waals surface area contributed by atoms with Gasteiger partial charge in [-0.05, 0) is 62.8 Å². The van der Waals surface area contributed by atoms with Crippen molar-refractivity contribution in [1.29, 1.82) is 0 Å². The molecule has 2 unspecified atom stereocenters. The van der Waals surface area contributed by atoms with Gasteiger partial charge in [-0.15, -0.1) is 0 Å². The highest BCUT2D eigenvalue weighted by molar-refractivity contribution is 7.84. The fourth-order valence-corrected chi connectivity index (χ4v) is 8.83. The maximum Gasteiger partial charge on any atom is 0.164 e. The normalized spacial score (nSPS) is 19.7. The van der Waals surface area contributed by atoms with E-state index in [0.717, 1.165) is 56.6 Å². The molecule has 2 atom stereocenters. The fraction of sp³-hybridized carbons (Fsp3) is 0.172. The quantitative estimate of drug-likeness (QED) is 0.463. The molecule has 0 fully saturated rings. The molecule has 5 rings (SSSR count). The summed E-state index contributed by atoms with van der Waals surface area (Å²) in [6.07, 6.45) is 10.9. The predicted molar refractivity (Wildman–Crippen MR) is 135 cm³/mol. The Bertz CT molecular complexity index is 1420. The molecule has 31 heavy (non-hydrogen) atoms. The zero-order valence-electron chi connectivity index (χ0n) is 18.0. The van der Waals surface area contributed by atoms with Crippen molar-refractivity contribution < 1.29 is 4.57 Å². The van der Waals surface area contributed by atoms with Gasteiger partial charge in [0.2, 0.25) is 0 Å². The Morgan fingerprint density at radius 3 is 2.55 bits per heavy atom. The average molecular weight is 423 g/mol. The summed E-state index contributed by atoms with van der Waals surface area (Å²) in [7, 11) is -2.95. The molecule has 2 heteroatoms. The van der Waals surface area contributed by atoms with E-state index in [-0.39, 0.29) is 5.92 Å². The second-order valence-corrected chi connectivity index (χ2v) is 11.4. The number of hydrogen-bond acceptors (Lipinski definition) is 1. The summed E-state index contributed by atoms with van der Waals surface area (Å²) in [5.41, 5.74) is 2.41. The van der Waals surface area contributed by atoms with E-state index in [1.807, 2.05) is 36.4 Å². The summed E-state index contributed by atoms with van der Waals surface area (Å²) in [5, 5.41) is 7.58. The molecule has 0 aliphatic heterocycles. The Balaban J connectivity index is 1.98. The van der Waals surface area contributed by atoms with Gasteiger partial charge >= 0.3 is 0 Å². The molecule has 0 saturated heterocycles. The fourth-order valence-electron chi connectivity index (χ4n) is 5.34. The largest absolute Gasteiger partial charge is 0.309 e. The van der Waals surface area contributed by atoms with Gasteiger partial charge in [0.1, 0.15) is 0 Å². The van der Waals surface area contributed by atoms with E-state index in [1.54, 1.807) is 0 Å². The van der Waals surface area contributed by atoms with E-state index < -0.39 is 7.14 Å². The first-order chi connectivity index (χ1) is 15.1. The van der Waals surface area contributed by atoms with Crippen LogP contribution < -0.4 is 15.7 Å². The van der Waals surface area contributed by atoms with Crippen molar-refractivity contribution in [3.05, 3.63) is 106 Å². The summed E-state index contributed by atoms with van der Waals surface area (Å²) in [5.74, 6) is 0.193. The van der Waals surface area contributed by atoms with Crippen molar-refractivity contribution in [3.63, 3.8) is 0 Å². The van der Waals surface area contributed by atoms with E-state index in [1.165, 1.54) is 10.9 Å². The van der Waals surface area contributed by atoms with Crippen molar-refractivity contribution >= 4 is 41.2 Å². The maximum absolute atomic E-state index is 15.2. The van der Waals surface area contributed by atoms with Crippen LogP contribution in [0.5, 0.6) is 0 Å². The Morgan fingerprint density at radius 1 is 1.03 bits per heavy atom. The van der Waals surface area contributed by atoms with Crippen LogP contribution in [0, 0.1) is 5.92 Å². The lowest BCUT2D eigenvalue weighted by atomic mass is 9.86. The standard InChI is InChI=1S/C29H27OP/c1-4-22-16-17-23-19-21(3)29(26-18-15-20(2)27(22)28(23)26)31(30,24-11-7-5-8-12-24)25-13-9-6-10-14-25/h4-9,11-13,15-18,21H,1-2,10,14,19H2,3H3. The third-order valence-electron chi connectivity index (χ3n) is 6.71. The smallest absolute Gasteiger partial charge is 0.164 e. The van der Waals surface area contributed by atoms with E-state index >= 15 is 4.57 Å². The number of allylic oxidation sites excluding steroid dienone is 4. The minimum absolute atomic E-state index is 0.193. The SMILES string of the molecule is C=Cc1ccc2c3c(ccc(=C)c13)=C(P(=O)(C1=CC=CCC1)c1ccccc1)C(C)C2. The summed E-state index contributed by atoms with van der Waals surface area (Å²) in [4.78, 5) is 0. The lowest BCUT2D eigenvalue weighted by Crippen LogP contribution is -2.27. The first-order valence-electron chi connectivity index (χ1n) is 11.0. The van der Waals surface area contributed by atoms with E-state index in [4.69, 9.17) is 0 Å². The van der Waals surface area contributed by atoms with Crippen molar-refractivity contribution in [3.8, 4) is 0 Å². The van der Waals surface area contributed by atoms with Crippen LogP contribution in [-0.2, 0) is 11.0 Å². The van der Waals surface area contributed by atoms with Crippen LogP contribution in [-0.4, -0.2) is 0 Å². The second-order valence-electron chi connectivity index (χ2n) is 8.60. The zero-order chi connectivity index (χ0) is 21.6. The highest BCUT2D eigenvalue weighted by Crippen LogP contribution is 2.65. The molecule has 0 radical (unpaired) electrons. The van der Waals surface area contributed by atoms with E-state index in [2.05, 4.69) is 62.6 Å². The van der Waals surface area contributed by atoms with E-state index in [0.29, 0.717) is 0 Å². The molecular formula is C29H27OP. The molecule has 0 N–H and O–H groups in total. The van der Waals surface area contributed by atoms with Crippen LogP contribution in [0.2, 0.25) is 0 Å². The monoisotopic (exact) mass is 422 g/mol. The molecule has 0 aromatic heterocycles. The number of hydrogen-bond donors (Lipinski definition) is 0. The molecule has 0 saturated carbocycles. The summed E-state index contributed by atoms with van der Waals surface area (Å²) < 4.78 is 15.2. The lowest BCUT2D eigenvalue weighted by Gasteiger charge is -2.33. The summed E-state index contributed by atoms with van der Waals surface area (Å²) in [6.45, 7) is 10.6. The van der Waals surface area contributed by atoms with Crippen molar-refractivity contribution in [1.82, 2.24) is 0 Å². The van der Waals surface area contributed by atoms with E-state index in [9.17, 15) is 0 Å². The van der Waals surface area contributed by atoms with Gasteiger partial charge in [-0.2, -0.15) is 0 Å². The van der Waals surface area contributed by atoms with Gasteiger partial charge < -0.3 is 4.57 Å². The first-order valence-corrected chi connectivity index (χ1v) is 12.7. The Labute approximate surface area is 184 Å². The van der Waals surface area contributed by atoms with Crippen LogP contribution in [0.1, 0.15) is 30.9 Å². The number of rotatable bonds is 4. The minimum Gasteiger partial charge on any atom is -0.309 e. The van der Waals surface area contributed by atoms with Crippen molar-refractivity contribution in [2.24, 2.45) is 5.92 Å². The van der Waals surface area contributed by atoms with Gasteiger partial charge in [0.05, 0.1) is 0 Å². The minimum atomic E-state index is -2.95. The van der Waals surface area contributed by atoms with Gasteiger partial charge in [0, 0.05) is 10.6 Å². The second kappa shape index (κ2) is 7.66. The molecule has 3 aromatic carbocycles. The molecule has 0 spiro atoms. The Kier molecular flexibility index (Phi) is 4.95. The molecule has 2 aliphatic rings. The van der Waals surface area contributed by atoms with Crippen molar-refractivity contribution in [2.45, 2.75) is 26.2 Å². The third kappa shape index (κ3) is 3.03. The topological polar surface area (TPSA) is 17.1 Å². The van der Waals surface area contributed by atoms with Gasteiger partial charge in [-0.25, -0.2) is 0 Å². The maximum atomic E-state index is 15.2. The van der Waals surface area contributed by atoms with Gasteiger partial charge in [-0.1, -0.05) is 99.0 Å². The Morgan fingerprint density at radius 2 is 1.84 bits per heavy atom. The highest BCUT2D eigenvalue weighted by atomic mass is 31.2. The van der Waals surface area contributed by atoms with Crippen LogP contribution in [0.4, 0.5) is 0 Å². The predicted octanol–water partition coefficient (Wildman–Crippen LogP) is 6.12. The first kappa shape index (κ1) is 20.0.